The molecular weight excluding hydrogens is 350 g/mol. The Morgan fingerprint density at radius 1 is 1.30 bits per heavy atom. The lowest BCUT2D eigenvalue weighted by atomic mass is 9.77. The van der Waals surface area contributed by atoms with Gasteiger partial charge in [0, 0.05) is 18.4 Å². The zero-order chi connectivity index (χ0) is 19.6. The molecule has 144 valence electrons. The van der Waals surface area contributed by atoms with Gasteiger partial charge in [0.15, 0.2) is 17.3 Å². The highest BCUT2D eigenvalue weighted by molar-refractivity contribution is 6.03. The van der Waals surface area contributed by atoms with Crippen molar-refractivity contribution in [3.8, 4) is 11.5 Å². The summed E-state index contributed by atoms with van der Waals surface area (Å²) in [5.74, 6) is -0.746. The minimum atomic E-state index is -0.722. The number of benzene rings is 1. The molecule has 0 bridgehead atoms. The van der Waals surface area contributed by atoms with E-state index < -0.39 is 11.9 Å². The van der Waals surface area contributed by atoms with Crippen molar-refractivity contribution in [2.75, 3.05) is 13.2 Å². The van der Waals surface area contributed by atoms with Crippen molar-refractivity contribution < 1.29 is 28.9 Å². The number of Topliss-reactive ketones (excluding diaryl/α,β-unsaturated/α-hetero) is 1. The van der Waals surface area contributed by atoms with E-state index in [-0.39, 0.29) is 35.3 Å². The van der Waals surface area contributed by atoms with E-state index in [1.165, 1.54) is 6.07 Å². The SMILES string of the molecule is CCOC(=O)C1=C(N)OC2=C(C(=O)CCC2)[C@H]1c1ccc(O)c(OCC)c1. The largest absolute Gasteiger partial charge is 0.504 e. The van der Waals surface area contributed by atoms with Crippen molar-refractivity contribution in [2.24, 2.45) is 5.73 Å². The maximum absolute atomic E-state index is 12.7. The highest BCUT2D eigenvalue weighted by Gasteiger charge is 2.41. The summed E-state index contributed by atoms with van der Waals surface area (Å²) in [7, 11) is 0. The highest BCUT2D eigenvalue weighted by Crippen LogP contribution is 2.45. The number of ketones is 1. The molecule has 0 fully saturated rings. The third-order valence-corrected chi connectivity index (χ3v) is 4.60. The molecule has 0 radical (unpaired) electrons. The van der Waals surface area contributed by atoms with Gasteiger partial charge in [-0.05, 0) is 38.0 Å². The van der Waals surface area contributed by atoms with Crippen LogP contribution in [0.2, 0.25) is 0 Å². The summed E-state index contributed by atoms with van der Waals surface area (Å²) in [6.07, 6.45) is 1.63. The Morgan fingerprint density at radius 3 is 2.78 bits per heavy atom. The third kappa shape index (κ3) is 3.49. The maximum Gasteiger partial charge on any atom is 0.340 e. The summed E-state index contributed by atoms with van der Waals surface area (Å²) in [4.78, 5) is 25.3. The molecule has 1 aromatic carbocycles. The van der Waals surface area contributed by atoms with Gasteiger partial charge in [0.25, 0.3) is 0 Å². The molecule has 1 aliphatic carbocycles. The van der Waals surface area contributed by atoms with E-state index in [9.17, 15) is 14.7 Å². The minimum Gasteiger partial charge on any atom is -0.504 e. The molecule has 27 heavy (non-hydrogen) atoms. The van der Waals surface area contributed by atoms with E-state index in [1.54, 1.807) is 26.0 Å². The second kappa shape index (κ2) is 7.73. The summed E-state index contributed by atoms with van der Waals surface area (Å²) < 4.78 is 16.2. The van der Waals surface area contributed by atoms with Gasteiger partial charge in [-0.3, -0.25) is 4.79 Å². The quantitative estimate of drug-likeness (QED) is 0.764. The molecule has 1 aliphatic heterocycles. The predicted molar refractivity (Wildman–Crippen MR) is 96.8 cm³/mol. The van der Waals surface area contributed by atoms with Crippen LogP contribution in [0.3, 0.4) is 0 Å². The molecule has 1 atom stereocenters. The summed E-state index contributed by atoms with van der Waals surface area (Å²) in [5.41, 5.74) is 7.17. The van der Waals surface area contributed by atoms with E-state index in [1.807, 2.05) is 0 Å². The Labute approximate surface area is 157 Å². The van der Waals surface area contributed by atoms with Gasteiger partial charge < -0.3 is 25.1 Å². The summed E-state index contributed by atoms with van der Waals surface area (Å²) in [6.45, 7) is 4.02. The number of hydrogen-bond donors (Lipinski definition) is 2. The van der Waals surface area contributed by atoms with Crippen LogP contribution in [0, 0.1) is 0 Å². The molecule has 3 rings (SSSR count). The van der Waals surface area contributed by atoms with E-state index in [4.69, 9.17) is 19.9 Å². The summed E-state index contributed by atoms with van der Waals surface area (Å²) >= 11 is 0. The zero-order valence-electron chi connectivity index (χ0n) is 15.4. The molecule has 0 spiro atoms. The van der Waals surface area contributed by atoms with E-state index >= 15 is 0 Å². The molecule has 3 N–H and O–H groups in total. The number of hydrogen-bond acceptors (Lipinski definition) is 7. The van der Waals surface area contributed by atoms with Gasteiger partial charge in [0.2, 0.25) is 5.88 Å². The number of phenols is 1. The van der Waals surface area contributed by atoms with Crippen molar-refractivity contribution in [3.05, 3.63) is 46.6 Å². The van der Waals surface area contributed by atoms with Crippen molar-refractivity contribution in [2.45, 2.75) is 39.0 Å². The lowest BCUT2D eigenvalue weighted by Crippen LogP contribution is -2.31. The van der Waals surface area contributed by atoms with Gasteiger partial charge in [-0.1, -0.05) is 6.07 Å². The van der Waals surface area contributed by atoms with Gasteiger partial charge >= 0.3 is 5.97 Å². The number of rotatable bonds is 5. The Hall–Kier alpha value is -2.96. The van der Waals surface area contributed by atoms with Crippen LogP contribution in [0.25, 0.3) is 0 Å². The first-order valence-electron chi connectivity index (χ1n) is 9.04. The number of allylic oxidation sites excluding steroid dienone is 2. The van der Waals surface area contributed by atoms with Gasteiger partial charge in [-0.25, -0.2) is 4.79 Å². The third-order valence-electron chi connectivity index (χ3n) is 4.60. The Morgan fingerprint density at radius 2 is 2.07 bits per heavy atom. The fourth-order valence-electron chi connectivity index (χ4n) is 3.48. The Bertz CT molecular complexity index is 839. The van der Waals surface area contributed by atoms with Crippen LogP contribution in [0.15, 0.2) is 41.0 Å². The molecule has 0 amide bonds. The van der Waals surface area contributed by atoms with Crippen LogP contribution in [-0.4, -0.2) is 30.1 Å². The van der Waals surface area contributed by atoms with Crippen LogP contribution in [0.4, 0.5) is 0 Å². The molecule has 7 nitrogen and oxygen atoms in total. The van der Waals surface area contributed by atoms with Crippen molar-refractivity contribution in [3.63, 3.8) is 0 Å². The average Bonchev–Trinajstić information content (AvgIpc) is 2.63. The lowest BCUT2D eigenvalue weighted by Gasteiger charge is -2.32. The van der Waals surface area contributed by atoms with Crippen LogP contribution >= 0.6 is 0 Å². The monoisotopic (exact) mass is 373 g/mol. The Balaban J connectivity index is 2.17. The first kappa shape index (κ1) is 18.8. The standard InChI is InChI=1S/C20H23NO6/c1-3-25-15-10-11(8-9-12(15)22)16-17-13(23)6-5-7-14(17)27-19(21)18(16)20(24)26-4-2/h8-10,16,22H,3-7,21H2,1-2H3/t16-/m1/s1. The molecule has 0 aromatic heterocycles. The fourth-order valence-corrected chi connectivity index (χ4v) is 3.48. The fraction of sp³-hybridized carbons (Fsp3) is 0.400. The normalized spacial score (nSPS) is 19.5. The van der Waals surface area contributed by atoms with Crippen LogP contribution in [0.1, 0.15) is 44.6 Å². The molecule has 2 aliphatic rings. The van der Waals surface area contributed by atoms with Gasteiger partial charge in [-0.2, -0.15) is 0 Å². The first-order valence-corrected chi connectivity index (χ1v) is 9.04. The van der Waals surface area contributed by atoms with E-state index in [0.29, 0.717) is 42.8 Å². The number of phenolic OH excluding ortho intramolecular Hbond substituents is 1. The number of carbonyl (C=O) groups excluding carboxylic acids is 2. The van der Waals surface area contributed by atoms with Gasteiger partial charge in [0.1, 0.15) is 11.3 Å². The van der Waals surface area contributed by atoms with Crippen molar-refractivity contribution >= 4 is 11.8 Å². The molecule has 0 saturated carbocycles. The highest BCUT2D eigenvalue weighted by atomic mass is 16.5. The molecule has 1 aromatic rings. The molecule has 0 saturated heterocycles. The molecule has 1 heterocycles. The first-order chi connectivity index (χ1) is 13.0. The molecule has 0 unspecified atom stereocenters. The second-order valence-corrected chi connectivity index (χ2v) is 6.31. The topological polar surface area (TPSA) is 108 Å². The summed E-state index contributed by atoms with van der Waals surface area (Å²) in [6, 6.07) is 4.74. The number of esters is 1. The smallest absolute Gasteiger partial charge is 0.340 e. The lowest BCUT2D eigenvalue weighted by molar-refractivity contribution is -0.139. The molecular formula is C20H23NO6. The van der Waals surface area contributed by atoms with E-state index in [2.05, 4.69) is 0 Å². The van der Waals surface area contributed by atoms with Crippen molar-refractivity contribution in [1.29, 1.82) is 0 Å². The van der Waals surface area contributed by atoms with Crippen LogP contribution < -0.4 is 10.5 Å². The average molecular weight is 373 g/mol. The Kier molecular flexibility index (Phi) is 5.39. The number of ether oxygens (including phenoxy) is 3. The van der Waals surface area contributed by atoms with Crippen LogP contribution in [0.5, 0.6) is 11.5 Å². The minimum absolute atomic E-state index is 0.0218. The number of carbonyl (C=O) groups is 2. The van der Waals surface area contributed by atoms with Gasteiger partial charge in [0.05, 0.1) is 19.1 Å². The number of aromatic hydroxyl groups is 1. The summed E-state index contributed by atoms with van der Waals surface area (Å²) in [5, 5.41) is 10.0. The molecule has 7 heteroatoms. The predicted octanol–water partition coefficient (Wildman–Crippen LogP) is 2.65. The maximum atomic E-state index is 12.7. The van der Waals surface area contributed by atoms with Crippen molar-refractivity contribution in [1.82, 2.24) is 0 Å². The second-order valence-electron chi connectivity index (χ2n) is 6.31. The van der Waals surface area contributed by atoms with E-state index in [0.717, 1.165) is 0 Å². The zero-order valence-corrected chi connectivity index (χ0v) is 15.4. The number of nitrogens with two attached hydrogens (primary N) is 1. The van der Waals surface area contributed by atoms with Crippen LogP contribution in [-0.2, 0) is 19.1 Å². The van der Waals surface area contributed by atoms with Gasteiger partial charge in [-0.15, -0.1) is 0 Å².